The van der Waals surface area contributed by atoms with Gasteiger partial charge in [-0.2, -0.15) is 0 Å². The van der Waals surface area contributed by atoms with Crippen molar-refractivity contribution in [3.05, 3.63) is 114 Å². The van der Waals surface area contributed by atoms with Gasteiger partial charge < -0.3 is 15.3 Å². The lowest BCUT2D eigenvalue weighted by atomic mass is 9.75. The smallest absolute Gasteiger partial charge is 0.201 e. The summed E-state index contributed by atoms with van der Waals surface area (Å²) in [6.45, 7) is 1.97. The molecule has 0 saturated heterocycles. The summed E-state index contributed by atoms with van der Waals surface area (Å²) in [4.78, 5) is 0. The third-order valence-corrected chi connectivity index (χ3v) is 9.45. The zero-order chi connectivity index (χ0) is 28.5. The van der Waals surface area contributed by atoms with Gasteiger partial charge in [-0.3, -0.25) is 0 Å². The van der Waals surface area contributed by atoms with E-state index < -0.39 is 5.75 Å². The first kappa shape index (κ1) is 24.8. The zero-order valence-electron chi connectivity index (χ0n) is 23.4. The van der Waals surface area contributed by atoms with Crippen LogP contribution in [0.3, 0.4) is 0 Å². The molecule has 0 radical (unpaired) electrons. The van der Waals surface area contributed by atoms with Crippen LogP contribution in [0.1, 0.15) is 36.3 Å². The standard InChI is InChI=1S/C39H30O3/c1-22-33(23-12-10-13-23)37(40)39(42)38(41)34(22)36-30-19-8-6-17-28(30)35(29-18-7-9-20-31(29)36)32-21-24-11-2-3-14-25(24)26-15-4-5-16-27(26)32/h2-9,11,14-21,23,40-42H,10,12-13H2,1H3. The molecule has 1 aliphatic carbocycles. The Morgan fingerprint density at radius 1 is 0.500 bits per heavy atom. The molecule has 0 amide bonds. The van der Waals surface area contributed by atoms with Crippen molar-refractivity contribution in [2.45, 2.75) is 32.1 Å². The van der Waals surface area contributed by atoms with E-state index in [9.17, 15) is 15.3 Å². The summed E-state index contributed by atoms with van der Waals surface area (Å²) in [6, 6.07) is 36.1. The lowest BCUT2D eigenvalue weighted by molar-refractivity contribution is 0.349. The van der Waals surface area contributed by atoms with Gasteiger partial charge >= 0.3 is 0 Å². The molecule has 0 bridgehead atoms. The monoisotopic (exact) mass is 546 g/mol. The Balaban J connectivity index is 1.56. The minimum atomic E-state index is -0.435. The van der Waals surface area contributed by atoms with Crippen molar-refractivity contribution in [3.8, 4) is 39.5 Å². The highest BCUT2D eigenvalue weighted by molar-refractivity contribution is 6.26. The lowest BCUT2D eigenvalue weighted by Crippen LogP contribution is -2.11. The van der Waals surface area contributed by atoms with Crippen molar-refractivity contribution < 1.29 is 15.3 Å². The first-order chi connectivity index (χ1) is 20.5. The van der Waals surface area contributed by atoms with Crippen LogP contribution in [-0.2, 0) is 0 Å². The van der Waals surface area contributed by atoms with E-state index in [-0.39, 0.29) is 17.4 Å². The van der Waals surface area contributed by atoms with Gasteiger partial charge in [-0.25, -0.2) is 0 Å². The zero-order valence-corrected chi connectivity index (χ0v) is 23.4. The fourth-order valence-electron chi connectivity index (χ4n) is 7.30. The van der Waals surface area contributed by atoms with E-state index >= 15 is 0 Å². The largest absolute Gasteiger partial charge is 0.504 e. The van der Waals surface area contributed by atoms with Crippen molar-refractivity contribution in [1.82, 2.24) is 0 Å². The Hall–Kier alpha value is -5.02. The minimum Gasteiger partial charge on any atom is -0.504 e. The van der Waals surface area contributed by atoms with E-state index in [1.807, 2.05) is 19.1 Å². The van der Waals surface area contributed by atoms with Crippen LogP contribution < -0.4 is 0 Å². The summed E-state index contributed by atoms with van der Waals surface area (Å²) >= 11 is 0. The molecule has 3 N–H and O–H groups in total. The van der Waals surface area contributed by atoms with Crippen molar-refractivity contribution in [2.24, 2.45) is 0 Å². The van der Waals surface area contributed by atoms with Gasteiger partial charge in [-0.1, -0.05) is 103 Å². The number of hydrogen-bond donors (Lipinski definition) is 3. The van der Waals surface area contributed by atoms with Crippen LogP contribution in [0.15, 0.2) is 103 Å². The summed E-state index contributed by atoms with van der Waals surface area (Å²) < 4.78 is 0. The maximum atomic E-state index is 11.5. The topological polar surface area (TPSA) is 60.7 Å². The Bertz CT molecular complexity index is 2170. The van der Waals surface area contributed by atoms with Crippen molar-refractivity contribution in [2.75, 3.05) is 0 Å². The highest BCUT2D eigenvalue weighted by atomic mass is 16.3. The molecule has 7 aromatic carbocycles. The average Bonchev–Trinajstić information content (AvgIpc) is 3.00. The number of hydrogen-bond acceptors (Lipinski definition) is 3. The Morgan fingerprint density at radius 2 is 1.00 bits per heavy atom. The third kappa shape index (κ3) is 3.40. The molecule has 0 aromatic heterocycles. The predicted molar refractivity (Wildman–Crippen MR) is 174 cm³/mol. The van der Waals surface area contributed by atoms with Crippen LogP contribution in [-0.4, -0.2) is 15.3 Å². The first-order valence-corrected chi connectivity index (χ1v) is 14.7. The number of rotatable bonds is 3. The molecule has 0 atom stereocenters. The second kappa shape index (κ2) is 9.25. The third-order valence-electron chi connectivity index (χ3n) is 9.45. The number of phenolic OH excluding ortho intramolecular Hbond substituents is 3. The van der Waals surface area contributed by atoms with Gasteiger partial charge in [0.25, 0.3) is 0 Å². The molecule has 7 aromatic rings. The first-order valence-electron chi connectivity index (χ1n) is 14.7. The molecule has 3 heteroatoms. The molecule has 3 nitrogen and oxygen atoms in total. The summed E-state index contributed by atoms with van der Waals surface area (Å²) in [5.74, 6) is -0.718. The molecule has 1 aliphatic rings. The molecule has 42 heavy (non-hydrogen) atoms. The van der Waals surface area contributed by atoms with Gasteiger partial charge in [0.1, 0.15) is 0 Å². The van der Waals surface area contributed by atoms with Crippen LogP contribution in [0, 0.1) is 6.92 Å². The minimum absolute atomic E-state index is 0.177. The number of aromatic hydroxyl groups is 3. The van der Waals surface area contributed by atoms with Crippen LogP contribution in [0.2, 0.25) is 0 Å². The van der Waals surface area contributed by atoms with Crippen LogP contribution in [0.5, 0.6) is 17.2 Å². The highest BCUT2D eigenvalue weighted by Gasteiger charge is 2.31. The van der Waals surface area contributed by atoms with Gasteiger partial charge in [-0.05, 0) is 91.5 Å². The van der Waals surface area contributed by atoms with Gasteiger partial charge in [0.2, 0.25) is 5.75 Å². The van der Waals surface area contributed by atoms with E-state index in [0.717, 1.165) is 68.6 Å². The second-order valence-electron chi connectivity index (χ2n) is 11.6. The maximum absolute atomic E-state index is 11.5. The molecule has 1 fully saturated rings. The molecule has 0 aliphatic heterocycles. The van der Waals surface area contributed by atoms with Gasteiger partial charge in [0, 0.05) is 16.7 Å². The van der Waals surface area contributed by atoms with Crippen LogP contribution >= 0.6 is 0 Å². The van der Waals surface area contributed by atoms with Crippen LogP contribution in [0.25, 0.3) is 65.3 Å². The molecule has 8 rings (SSSR count). The van der Waals surface area contributed by atoms with Crippen molar-refractivity contribution >= 4 is 43.1 Å². The molecule has 0 unspecified atom stereocenters. The summed E-state index contributed by atoms with van der Waals surface area (Å²) in [5.41, 5.74) is 5.35. The Kier molecular flexibility index (Phi) is 5.45. The molecule has 0 heterocycles. The Labute approximate surface area is 243 Å². The molecule has 0 spiro atoms. The van der Waals surface area contributed by atoms with Gasteiger partial charge in [0.15, 0.2) is 11.5 Å². The molecule has 1 saturated carbocycles. The second-order valence-corrected chi connectivity index (χ2v) is 11.6. The summed E-state index contributed by atoms with van der Waals surface area (Å²) in [5, 5.41) is 42.4. The normalized spacial score (nSPS) is 13.7. The fourth-order valence-corrected chi connectivity index (χ4v) is 7.30. The van der Waals surface area contributed by atoms with E-state index in [2.05, 4.69) is 91.0 Å². The highest BCUT2D eigenvalue weighted by Crippen LogP contribution is 2.56. The van der Waals surface area contributed by atoms with Crippen molar-refractivity contribution in [1.29, 1.82) is 0 Å². The van der Waals surface area contributed by atoms with Gasteiger partial charge in [0.05, 0.1) is 0 Å². The fraction of sp³-hybridized carbons (Fsp3) is 0.128. The lowest BCUT2D eigenvalue weighted by Gasteiger charge is -2.30. The quantitative estimate of drug-likeness (QED) is 0.117. The van der Waals surface area contributed by atoms with E-state index in [4.69, 9.17) is 0 Å². The number of phenols is 3. The average molecular weight is 547 g/mol. The van der Waals surface area contributed by atoms with Crippen molar-refractivity contribution in [3.63, 3.8) is 0 Å². The number of benzene rings is 7. The summed E-state index contributed by atoms with van der Waals surface area (Å²) in [6.07, 6.45) is 3.03. The predicted octanol–water partition coefficient (Wildman–Crippen LogP) is 10.3. The van der Waals surface area contributed by atoms with E-state index in [0.29, 0.717) is 5.56 Å². The van der Waals surface area contributed by atoms with Gasteiger partial charge in [-0.15, -0.1) is 0 Å². The molecular formula is C39H30O3. The molecular weight excluding hydrogens is 516 g/mol. The number of fused-ring (bicyclic) bond motifs is 5. The Morgan fingerprint density at radius 3 is 1.57 bits per heavy atom. The van der Waals surface area contributed by atoms with E-state index in [1.54, 1.807) is 0 Å². The van der Waals surface area contributed by atoms with Crippen LogP contribution in [0.4, 0.5) is 0 Å². The molecule has 204 valence electrons. The SMILES string of the molecule is Cc1c(-c2c3ccccc3c(-c3cc4ccccc4c4ccccc34)c3ccccc23)c(O)c(O)c(O)c1C1CCC1. The van der Waals surface area contributed by atoms with E-state index in [1.165, 1.54) is 21.5 Å². The summed E-state index contributed by atoms with van der Waals surface area (Å²) in [7, 11) is 0. The maximum Gasteiger partial charge on any atom is 0.201 e.